The second-order valence-electron chi connectivity index (χ2n) is 3.14. The van der Waals surface area contributed by atoms with E-state index >= 15 is 0 Å². The van der Waals surface area contributed by atoms with Gasteiger partial charge in [0, 0.05) is 22.7 Å². The van der Waals surface area contributed by atoms with Crippen molar-refractivity contribution in [1.82, 2.24) is 0 Å². The molecule has 0 radical (unpaired) electrons. The Hall–Kier alpha value is -1.27. The lowest BCUT2D eigenvalue weighted by molar-refractivity contribution is 1.05. The Morgan fingerprint density at radius 1 is 1.50 bits per heavy atom. The van der Waals surface area contributed by atoms with Crippen molar-refractivity contribution >= 4 is 27.2 Å². The second-order valence-corrected chi connectivity index (χ2v) is 3.99. The predicted octanol–water partition coefficient (Wildman–Crippen LogP) is 3.17. The monoisotopic (exact) mass is 248 g/mol. The number of nitrogens with one attached hydrogen (secondary N) is 1. The van der Waals surface area contributed by atoms with Crippen LogP contribution >= 0.6 is 15.9 Å². The van der Waals surface area contributed by atoms with E-state index in [0.29, 0.717) is 0 Å². The molecule has 1 aliphatic heterocycles. The van der Waals surface area contributed by atoms with E-state index in [9.17, 15) is 0 Å². The summed E-state index contributed by atoms with van der Waals surface area (Å²) < 4.78 is 1.05. The molecule has 1 aliphatic rings. The average Bonchev–Trinajstić information content (AvgIpc) is 2.20. The smallest absolute Gasteiger partial charge is 0.0915 e. The number of anilines is 1. The highest BCUT2D eigenvalue weighted by Crippen LogP contribution is 2.35. The average molecular weight is 249 g/mol. The minimum atomic E-state index is 0.892. The molecule has 0 bridgehead atoms. The highest BCUT2D eigenvalue weighted by molar-refractivity contribution is 9.10. The fourth-order valence-electron chi connectivity index (χ4n) is 1.66. The van der Waals surface area contributed by atoms with Crippen LogP contribution < -0.4 is 5.32 Å². The molecule has 70 valence electrons. The van der Waals surface area contributed by atoms with Crippen molar-refractivity contribution in [2.24, 2.45) is 0 Å². The first-order valence-electron chi connectivity index (χ1n) is 4.44. The van der Waals surface area contributed by atoms with Gasteiger partial charge in [0.05, 0.1) is 11.8 Å². The van der Waals surface area contributed by atoms with Gasteiger partial charge >= 0.3 is 0 Å². The Morgan fingerprint density at radius 2 is 2.36 bits per heavy atom. The van der Waals surface area contributed by atoms with Gasteiger partial charge in [-0.15, -0.1) is 0 Å². The summed E-state index contributed by atoms with van der Waals surface area (Å²) in [4.78, 5) is 0. The maximum Gasteiger partial charge on any atom is 0.0915 e. The Balaban J connectivity index is 2.57. The van der Waals surface area contributed by atoms with E-state index < -0.39 is 0 Å². The number of fused-ring (bicyclic) bond motifs is 1. The SMILES string of the molecule is N#C/C=C1/CCNc2c(Br)cccc21. The van der Waals surface area contributed by atoms with Crippen LogP contribution in [0.15, 0.2) is 28.7 Å². The lowest BCUT2D eigenvalue weighted by Gasteiger charge is -2.21. The minimum absolute atomic E-state index is 0.892. The molecule has 0 aliphatic carbocycles. The van der Waals surface area contributed by atoms with Crippen molar-refractivity contribution in [2.75, 3.05) is 11.9 Å². The first kappa shape index (κ1) is 9.29. The maximum absolute atomic E-state index is 8.65. The van der Waals surface area contributed by atoms with Crippen LogP contribution in [0.1, 0.15) is 12.0 Å². The molecule has 0 unspecified atom stereocenters. The molecule has 0 fully saturated rings. The number of benzene rings is 1. The lowest BCUT2D eigenvalue weighted by Crippen LogP contribution is -2.11. The van der Waals surface area contributed by atoms with Crippen LogP contribution in [0, 0.1) is 11.3 Å². The summed E-state index contributed by atoms with van der Waals surface area (Å²) in [7, 11) is 0. The highest BCUT2D eigenvalue weighted by atomic mass is 79.9. The van der Waals surface area contributed by atoms with Crippen molar-refractivity contribution in [3.8, 4) is 6.07 Å². The number of nitrogens with zero attached hydrogens (tertiary/aromatic N) is 1. The number of para-hydroxylation sites is 1. The molecule has 1 aromatic carbocycles. The first-order valence-corrected chi connectivity index (χ1v) is 5.23. The zero-order valence-electron chi connectivity index (χ0n) is 7.55. The minimum Gasteiger partial charge on any atom is -0.383 e. The zero-order chi connectivity index (χ0) is 9.97. The largest absolute Gasteiger partial charge is 0.383 e. The Labute approximate surface area is 91.4 Å². The molecule has 1 aromatic rings. The van der Waals surface area contributed by atoms with Crippen LogP contribution in [0.2, 0.25) is 0 Å². The number of nitriles is 1. The molecule has 0 aromatic heterocycles. The Bertz CT molecular complexity index is 429. The number of allylic oxidation sites excluding steroid dienone is 1. The second kappa shape index (κ2) is 3.85. The van der Waals surface area contributed by atoms with Crippen LogP contribution in [0.25, 0.3) is 5.57 Å². The van der Waals surface area contributed by atoms with Crippen molar-refractivity contribution in [1.29, 1.82) is 5.26 Å². The van der Waals surface area contributed by atoms with E-state index in [-0.39, 0.29) is 0 Å². The van der Waals surface area contributed by atoms with Gasteiger partial charge in [-0.3, -0.25) is 0 Å². The van der Waals surface area contributed by atoms with Crippen molar-refractivity contribution in [3.05, 3.63) is 34.3 Å². The molecule has 14 heavy (non-hydrogen) atoms. The van der Waals surface area contributed by atoms with Gasteiger partial charge in [-0.2, -0.15) is 5.26 Å². The summed E-state index contributed by atoms with van der Waals surface area (Å²) in [6.07, 6.45) is 2.54. The number of hydrogen-bond donors (Lipinski definition) is 1. The van der Waals surface area contributed by atoms with Gasteiger partial charge in [0.25, 0.3) is 0 Å². The van der Waals surface area contributed by atoms with Crippen molar-refractivity contribution < 1.29 is 0 Å². The van der Waals surface area contributed by atoms with E-state index in [1.807, 2.05) is 18.2 Å². The van der Waals surface area contributed by atoms with Crippen LogP contribution in [0.4, 0.5) is 5.69 Å². The third kappa shape index (κ3) is 1.53. The zero-order valence-corrected chi connectivity index (χ0v) is 9.13. The van der Waals surface area contributed by atoms with Gasteiger partial charge in [-0.05, 0) is 34.0 Å². The molecule has 0 saturated carbocycles. The van der Waals surface area contributed by atoms with Crippen LogP contribution in [0.5, 0.6) is 0 Å². The van der Waals surface area contributed by atoms with E-state index in [2.05, 4.69) is 27.3 Å². The molecule has 3 heteroatoms. The van der Waals surface area contributed by atoms with Crippen molar-refractivity contribution in [2.45, 2.75) is 6.42 Å². The van der Waals surface area contributed by atoms with Crippen molar-refractivity contribution in [3.63, 3.8) is 0 Å². The molecular weight excluding hydrogens is 240 g/mol. The molecule has 2 nitrogen and oxygen atoms in total. The third-order valence-electron chi connectivity index (χ3n) is 2.29. The maximum atomic E-state index is 8.65. The summed E-state index contributed by atoms with van der Waals surface area (Å²) in [5, 5.41) is 12.0. The predicted molar refractivity (Wildman–Crippen MR) is 60.8 cm³/mol. The first-order chi connectivity index (χ1) is 6.83. The van der Waals surface area contributed by atoms with Gasteiger partial charge in [0.15, 0.2) is 0 Å². The van der Waals surface area contributed by atoms with E-state index in [4.69, 9.17) is 5.26 Å². The standard InChI is InChI=1S/C11H9BrN2/c12-10-3-1-2-9-8(4-6-13)5-7-14-11(9)10/h1-4,14H,5,7H2/b8-4-. The van der Waals surface area contributed by atoms with E-state index in [1.54, 1.807) is 6.08 Å². The topological polar surface area (TPSA) is 35.8 Å². The third-order valence-corrected chi connectivity index (χ3v) is 2.96. The van der Waals surface area contributed by atoms with Gasteiger partial charge in [-0.25, -0.2) is 0 Å². The summed E-state index contributed by atoms with van der Waals surface area (Å²) in [6, 6.07) is 8.12. The lowest BCUT2D eigenvalue weighted by atomic mass is 9.97. The molecule has 1 heterocycles. The van der Waals surface area contributed by atoms with Crippen LogP contribution in [-0.2, 0) is 0 Å². The van der Waals surface area contributed by atoms with Gasteiger partial charge in [-0.1, -0.05) is 12.1 Å². The van der Waals surface area contributed by atoms with E-state index in [0.717, 1.165) is 34.3 Å². The van der Waals surface area contributed by atoms with E-state index in [1.165, 1.54) is 0 Å². The van der Waals surface area contributed by atoms with Gasteiger partial charge in [0.2, 0.25) is 0 Å². The number of hydrogen-bond acceptors (Lipinski definition) is 2. The Morgan fingerprint density at radius 3 is 3.14 bits per heavy atom. The fourth-order valence-corrected chi connectivity index (χ4v) is 2.16. The summed E-state index contributed by atoms with van der Waals surface area (Å²) in [6.45, 7) is 0.892. The number of halogens is 1. The quantitative estimate of drug-likeness (QED) is 0.717. The summed E-state index contributed by atoms with van der Waals surface area (Å²) in [5.74, 6) is 0. The molecule has 0 amide bonds. The highest BCUT2D eigenvalue weighted by Gasteiger charge is 2.14. The van der Waals surface area contributed by atoms with Crippen LogP contribution in [0.3, 0.4) is 0 Å². The number of rotatable bonds is 0. The molecule has 0 saturated heterocycles. The van der Waals surface area contributed by atoms with Gasteiger partial charge in [0.1, 0.15) is 0 Å². The molecular formula is C11H9BrN2. The summed E-state index contributed by atoms with van der Waals surface area (Å²) in [5.41, 5.74) is 3.34. The molecule has 0 spiro atoms. The molecule has 0 atom stereocenters. The normalized spacial score (nSPS) is 17.0. The Kier molecular flexibility index (Phi) is 2.55. The van der Waals surface area contributed by atoms with Gasteiger partial charge < -0.3 is 5.32 Å². The molecule has 2 rings (SSSR count). The summed E-state index contributed by atoms with van der Waals surface area (Å²) >= 11 is 3.49. The fraction of sp³-hybridized carbons (Fsp3) is 0.182. The van der Waals surface area contributed by atoms with Crippen LogP contribution in [-0.4, -0.2) is 6.54 Å². The molecule has 1 N–H and O–H groups in total.